The summed E-state index contributed by atoms with van der Waals surface area (Å²) >= 11 is 1.60. The van der Waals surface area contributed by atoms with Crippen LogP contribution in [0.2, 0.25) is 0 Å². The minimum absolute atomic E-state index is 0.133. The Morgan fingerprint density at radius 2 is 1.41 bits per heavy atom. The molecule has 0 saturated carbocycles. The molecule has 0 saturated heterocycles. The van der Waals surface area contributed by atoms with Crippen molar-refractivity contribution in [1.82, 2.24) is 4.98 Å². The van der Waals surface area contributed by atoms with Crippen LogP contribution in [0.3, 0.4) is 0 Å². The highest BCUT2D eigenvalue weighted by molar-refractivity contribution is 7.24. The molecule has 5 heteroatoms. The van der Waals surface area contributed by atoms with Gasteiger partial charge in [0.05, 0.1) is 36.9 Å². The van der Waals surface area contributed by atoms with E-state index in [0.29, 0.717) is 32.7 Å². The Kier molecular flexibility index (Phi) is 4.13. The molecule has 6 aromatic rings. The van der Waals surface area contributed by atoms with E-state index in [1.807, 2.05) is 61.5 Å². The fourth-order valence-corrected chi connectivity index (χ4v) is 5.32. The minimum atomic E-state index is -0.140. The maximum atomic E-state index is 13.7. The minimum Gasteiger partial charge on any atom is -0.355 e. The third-order valence-corrected chi connectivity index (χ3v) is 6.98. The van der Waals surface area contributed by atoms with Crippen molar-refractivity contribution >= 4 is 64.7 Å². The molecule has 0 spiro atoms. The van der Waals surface area contributed by atoms with Gasteiger partial charge in [-0.05, 0) is 37.3 Å². The fourth-order valence-electron chi connectivity index (χ4n) is 4.28. The van der Waals surface area contributed by atoms with Gasteiger partial charge in [0.15, 0.2) is 10.9 Å². The highest BCUT2D eigenvalue weighted by Gasteiger charge is 2.18. The number of hydrogen-bond donors (Lipinski definition) is 2. The first-order valence-corrected chi connectivity index (χ1v) is 11.2. The van der Waals surface area contributed by atoms with E-state index < -0.39 is 0 Å². The third-order valence-electron chi connectivity index (χ3n) is 5.86. The van der Waals surface area contributed by atoms with Crippen LogP contribution in [-0.2, 0) is 0 Å². The zero-order chi connectivity index (χ0) is 21.8. The van der Waals surface area contributed by atoms with Crippen LogP contribution in [0.5, 0.6) is 0 Å². The first kappa shape index (κ1) is 18.8. The van der Waals surface area contributed by atoms with Crippen LogP contribution in [0.4, 0.5) is 11.4 Å². The molecule has 2 N–H and O–H groups in total. The van der Waals surface area contributed by atoms with Gasteiger partial charge in [-0.3, -0.25) is 9.59 Å². The number of aromatic nitrogens is 1. The Balaban J connectivity index is 1.81. The topological polar surface area (TPSA) is 62.0 Å². The molecule has 0 amide bonds. The number of para-hydroxylation sites is 1. The van der Waals surface area contributed by atoms with Crippen molar-refractivity contribution < 1.29 is 0 Å². The van der Waals surface area contributed by atoms with Gasteiger partial charge in [-0.1, -0.05) is 54.1 Å². The molecule has 6 rings (SSSR count). The maximum absolute atomic E-state index is 13.7. The lowest BCUT2D eigenvalue weighted by molar-refractivity contribution is 1.46. The quantitative estimate of drug-likeness (QED) is 0.243. The van der Waals surface area contributed by atoms with Crippen LogP contribution in [0.15, 0.2) is 88.5 Å². The lowest BCUT2D eigenvalue weighted by Crippen LogP contribution is -2.15. The molecule has 0 aliphatic heterocycles. The van der Waals surface area contributed by atoms with E-state index in [2.05, 4.69) is 10.3 Å². The highest BCUT2D eigenvalue weighted by atomic mass is 32.1. The van der Waals surface area contributed by atoms with Gasteiger partial charge in [-0.2, -0.15) is 0 Å². The van der Waals surface area contributed by atoms with Crippen LogP contribution in [0.1, 0.15) is 5.56 Å². The van der Waals surface area contributed by atoms with Crippen LogP contribution >= 0.6 is 11.3 Å². The molecular formula is C27H18N2O2S. The van der Waals surface area contributed by atoms with Crippen molar-refractivity contribution in [3.8, 4) is 0 Å². The highest BCUT2D eigenvalue weighted by Crippen LogP contribution is 2.35. The van der Waals surface area contributed by atoms with Crippen LogP contribution < -0.4 is 16.2 Å². The second-order valence-electron chi connectivity index (χ2n) is 7.97. The Morgan fingerprint density at radius 1 is 0.750 bits per heavy atom. The fraction of sp³-hybridized carbons (Fsp3) is 0.0370. The van der Waals surface area contributed by atoms with Gasteiger partial charge in [-0.15, -0.1) is 11.3 Å². The molecule has 5 aromatic carbocycles. The number of H-pyrrole nitrogens is 1. The second kappa shape index (κ2) is 7.04. The summed E-state index contributed by atoms with van der Waals surface area (Å²) in [6.07, 6.45) is 0. The third kappa shape index (κ3) is 2.82. The summed E-state index contributed by atoms with van der Waals surface area (Å²) in [6, 6.07) is 25.0. The molecule has 0 unspecified atom stereocenters. The zero-order valence-electron chi connectivity index (χ0n) is 17.2. The summed E-state index contributed by atoms with van der Waals surface area (Å²) in [7, 11) is 0. The molecule has 0 bridgehead atoms. The lowest BCUT2D eigenvalue weighted by atomic mass is 10.00. The van der Waals surface area contributed by atoms with E-state index in [9.17, 15) is 9.59 Å². The Labute approximate surface area is 186 Å². The number of aryl methyl sites for hydroxylation is 1. The monoisotopic (exact) mass is 434 g/mol. The zero-order valence-corrected chi connectivity index (χ0v) is 18.0. The van der Waals surface area contributed by atoms with Crippen molar-refractivity contribution in [3.05, 3.63) is 105 Å². The molecule has 1 aromatic heterocycles. The van der Waals surface area contributed by atoms with E-state index in [-0.39, 0.29) is 10.9 Å². The molecular weight excluding hydrogens is 416 g/mol. The van der Waals surface area contributed by atoms with Crippen molar-refractivity contribution in [3.63, 3.8) is 0 Å². The van der Waals surface area contributed by atoms with Gasteiger partial charge >= 0.3 is 0 Å². The number of nitrogens with one attached hydrogen (secondary N) is 2. The van der Waals surface area contributed by atoms with Crippen LogP contribution in [0.25, 0.3) is 42.0 Å². The summed E-state index contributed by atoms with van der Waals surface area (Å²) in [5, 5.41) is 5.15. The number of aromatic amines is 1. The predicted molar refractivity (Wildman–Crippen MR) is 136 cm³/mol. The van der Waals surface area contributed by atoms with Gasteiger partial charge in [0.1, 0.15) is 0 Å². The van der Waals surface area contributed by atoms with E-state index in [0.717, 1.165) is 26.2 Å². The molecule has 0 atom stereocenters. The average Bonchev–Trinajstić information content (AvgIpc) is 2.82. The summed E-state index contributed by atoms with van der Waals surface area (Å²) < 4.78 is 1.99. The largest absolute Gasteiger partial charge is 0.355 e. The molecule has 0 aliphatic carbocycles. The Hall–Kier alpha value is -3.96. The first-order chi connectivity index (χ1) is 15.6. The van der Waals surface area contributed by atoms with E-state index in [1.54, 1.807) is 35.6 Å². The van der Waals surface area contributed by atoms with Crippen molar-refractivity contribution in [2.75, 3.05) is 5.32 Å². The van der Waals surface area contributed by atoms with E-state index in [1.165, 1.54) is 0 Å². The number of benzene rings is 5. The Bertz CT molecular complexity index is 1800. The van der Waals surface area contributed by atoms with Gasteiger partial charge in [0.2, 0.25) is 0 Å². The second-order valence-corrected chi connectivity index (χ2v) is 9.05. The normalized spacial score (nSPS) is 11.5. The number of hydrogen-bond acceptors (Lipinski definition) is 4. The smallest absolute Gasteiger partial charge is 0.196 e. The van der Waals surface area contributed by atoms with Crippen LogP contribution in [-0.4, -0.2) is 4.98 Å². The lowest BCUT2D eigenvalue weighted by Gasteiger charge is -2.13. The van der Waals surface area contributed by atoms with Gasteiger partial charge in [0, 0.05) is 16.5 Å². The van der Waals surface area contributed by atoms with E-state index in [4.69, 9.17) is 0 Å². The molecule has 154 valence electrons. The molecule has 4 nitrogen and oxygen atoms in total. The molecule has 32 heavy (non-hydrogen) atoms. The van der Waals surface area contributed by atoms with Crippen molar-refractivity contribution in [2.24, 2.45) is 0 Å². The summed E-state index contributed by atoms with van der Waals surface area (Å²) in [6.45, 7) is 2.03. The van der Waals surface area contributed by atoms with E-state index >= 15 is 0 Å². The summed E-state index contributed by atoms with van der Waals surface area (Å²) in [5.41, 5.74) is 4.02. The number of fused-ring (bicyclic) bond motifs is 5. The number of anilines is 2. The number of rotatable bonds is 2. The van der Waals surface area contributed by atoms with Crippen LogP contribution in [0, 0.1) is 6.92 Å². The molecule has 0 radical (unpaired) electrons. The summed E-state index contributed by atoms with van der Waals surface area (Å²) in [4.78, 5) is 30.7. The molecule has 0 fully saturated rings. The van der Waals surface area contributed by atoms with Crippen molar-refractivity contribution in [1.29, 1.82) is 0 Å². The van der Waals surface area contributed by atoms with Gasteiger partial charge in [-0.25, -0.2) is 0 Å². The summed E-state index contributed by atoms with van der Waals surface area (Å²) in [5.74, 6) is 0. The first-order valence-electron chi connectivity index (χ1n) is 10.4. The van der Waals surface area contributed by atoms with Gasteiger partial charge in [0.25, 0.3) is 0 Å². The SMILES string of the molecule is Cc1ccc(Nc2cc3sc4ccccc4[nH]c3c3c(=O)c4ccccc4c(=O)c23)cc1. The molecule has 0 aliphatic rings. The predicted octanol–water partition coefficient (Wildman–Crippen LogP) is 6.46. The van der Waals surface area contributed by atoms with Crippen molar-refractivity contribution in [2.45, 2.75) is 6.92 Å². The Morgan fingerprint density at radius 3 is 2.16 bits per heavy atom. The molecule has 1 heterocycles. The standard InChI is InChI=1S/C27H18N2O2S/c1-15-10-12-16(13-11-15)28-20-14-22-25(29-19-8-4-5-9-21(19)32-22)24-23(20)26(30)17-6-2-3-7-18(17)27(24)31/h2-14,28-29H,1H3. The average molecular weight is 435 g/mol. The maximum Gasteiger partial charge on any atom is 0.196 e. The van der Waals surface area contributed by atoms with Gasteiger partial charge < -0.3 is 10.3 Å².